The van der Waals surface area contributed by atoms with Crippen LogP contribution in [0.1, 0.15) is 17.2 Å². The lowest BCUT2D eigenvalue weighted by Crippen LogP contribution is -2.60. The number of aromatic hydroxyl groups is 3. The van der Waals surface area contributed by atoms with E-state index in [1.807, 2.05) is 0 Å². The minimum absolute atomic E-state index is 0.0376. The molecule has 1 saturated heterocycles. The summed E-state index contributed by atoms with van der Waals surface area (Å²) in [5, 5.41) is 79.7. The molecule has 32 heavy (non-hydrogen) atoms. The van der Waals surface area contributed by atoms with Gasteiger partial charge in [0.2, 0.25) is 6.29 Å². The van der Waals surface area contributed by atoms with Crippen molar-refractivity contribution in [3.63, 3.8) is 0 Å². The first-order valence-electron chi connectivity index (χ1n) is 9.89. The van der Waals surface area contributed by atoms with Crippen molar-refractivity contribution in [3.05, 3.63) is 41.5 Å². The van der Waals surface area contributed by atoms with Crippen LogP contribution in [0.3, 0.4) is 0 Å². The van der Waals surface area contributed by atoms with Gasteiger partial charge in [0.1, 0.15) is 47.8 Å². The molecule has 2 aromatic rings. The van der Waals surface area contributed by atoms with Crippen LogP contribution in [0.4, 0.5) is 0 Å². The van der Waals surface area contributed by atoms with Crippen LogP contribution in [0.15, 0.2) is 30.3 Å². The molecule has 0 unspecified atom stereocenters. The zero-order valence-corrected chi connectivity index (χ0v) is 16.6. The summed E-state index contributed by atoms with van der Waals surface area (Å²) in [6.07, 6.45) is -9.59. The summed E-state index contributed by atoms with van der Waals surface area (Å²) in [7, 11) is 0. The maximum absolute atomic E-state index is 10.6. The molecule has 1 fully saturated rings. The Morgan fingerprint density at radius 3 is 2.38 bits per heavy atom. The molecule has 2 aliphatic rings. The van der Waals surface area contributed by atoms with Gasteiger partial charge in [-0.25, -0.2) is 0 Å². The molecular formula is C21H24O11. The number of aliphatic hydroxyl groups is 5. The first kappa shape index (κ1) is 22.4. The summed E-state index contributed by atoms with van der Waals surface area (Å²) in [6.45, 7) is -0.641. The molecule has 0 amide bonds. The van der Waals surface area contributed by atoms with Crippen LogP contribution in [0.5, 0.6) is 28.7 Å². The Kier molecular flexibility index (Phi) is 6.03. The van der Waals surface area contributed by atoms with Gasteiger partial charge in [-0.15, -0.1) is 0 Å². The van der Waals surface area contributed by atoms with E-state index >= 15 is 0 Å². The molecule has 2 aromatic carbocycles. The average molecular weight is 452 g/mol. The van der Waals surface area contributed by atoms with E-state index in [0.29, 0.717) is 11.1 Å². The number of fused-ring (bicyclic) bond motifs is 1. The van der Waals surface area contributed by atoms with Crippen molar-refractivity contribution in [2.75, 3.05) is 6.61 Å². The van der Waals surface area contributed by atoms with Crippen molar-refractivity contribution in [2.24, 2.45) is 0 Å². The van der Waals surface area contributed by atoms with Crippen molar-refractivity contribution < 1.29 is 55.1 Å². The number of ether oxygens (including phenoxy) is 3. The number of aliphatic hydroxyl groups excluding tert-OH is 5. The normalized spacial score (nSPS) is 32.1. The number of rotatable bonds is 4. The number of phenolic OH excluding ortho intramolecular Hbond substituents is 3. The average Bonchev–Trinajstić information content (AvgIpc) is 2.75. The molecular weight excluding hydrogens is 428 g/mol. The maximum Gasteiger partial charge on any atom is 0.229 e. The highest BCUT2D eigenvalue weighted by atomic mass is 16.7. The number of benzene rings is 2. The van der Waals surface area contributed by atoms with Crippen molar-refractivity contribution in [2.45, 2.75) is 49.3 Å². The van der Waals surface area contributed by atoms with Gasteiger partial charge in [-0.3, -0.25) is 0 Å². The topological polar surface area (TPSA) is 190 Å². The Morgan fingerprint density at radius 2 is 1.66 bits per heavy atom. The van der Waals surface area contributed by atoms with Crippen LogP contribution in [-0.2, 0) is 11.2 Å². The van der Waals surface area contributed by atoms with Gasteiger partial charge in [-0.2, -0.15) is 0 Å². The molecule has 7 atom stereocenters. The van der Waals surface area contributed by atoms with Gasteiger partial charge >= 0.3 is 0 Å². The van der Waals surface area contributed by atoms with Crippen LogP contribution < -0.4 is 9.47 Å². The van der Waals surface area contributed by atoms with Crippen molar-refractivity contribution in [3.8, 4) is 28.7 Å². The van der Waals surface area contributed by atoms with Crippen molar-refractivity contribution in [1.82, 2.24) is 0 Å². The molecule has 0 radical (unpaired) electrons. The van der Waals surface area contributed by atoms with Gasteiger partial charge in [0.15, 0.2) is 11.5 Å². The highest BCUT2D eigenvalue weighted by Crippen LogP contribution is 2.43. The molecule has 0 bridgehead atoms. The second kappa shape index (κ2) is 8.62. The molecule has 8 N–H and O–H groups in total. The zero-order chi connectivity index (χ0) is 23.2. The van der Waals surface area contributed by atoms with E-state index < -0.39 is 49.5 Å². The number of hydrogen-bond acceptors (Lipinski definition) is 11. The van der Waals surface area contributed by atoms with Gasteiger partial charge in [0.25, 0.3) is 0 Å². The predicted molar refractivity (Wildman–Crippen MR) is 105 cm³/mol. The van der Waals surface area contributed by atoms with Crippen LogP contribution in [-0.4, -0.2) is 84.3 Å². The fourth-order valence-corrected chi connectivity index (χ4v) is 3.84. The molecule has 174 valence electrons. The fourth-order valence-electron chi connectivity index (χ4n) is 3.84. The highest BCUT2D eigenvalue weighted by molar-refractivity contribution is 5.52. The van der Waals surface area contributed by atoms with E-state index in [-0.39, 0.29) is 35.2 Å². The Morgan fingerprint density at radius 1 is 0.906 bits per heavy atom. The van der Waals surface area contributed by atoms with E-state index in [2.05, 4.69) is 0 Å². The van der Waals surface area contributed by atoms with E-state index in [9.17, 15) is 40.9 Å². The summed E-state index contributed by atoms with van der Waals surface area (Å²) < 4.78 is 16.6. The lowest BCUT2D eigenvalue weighted by Gasteiger charge is -2.39. The van der Waals surface area contributed by atoms with Crippen LogP contribution >= 0.6 is 0 Å². The zero-order valence-electron chi connectivity index (χ0n) is 16.6. The van der Waals surface area contributed by atoms with E-state index in [4.69, 9.17) is 14.2 Å². The first-order chi connectivity index (χ1) is 15.2. The minimum Gasteiger partial charge on any atom is -0.508 e. The Hall–Kier alpha value is -2.80. The standard InChI is InChI=1S/C21H24O11/c22-7-16-17(27)18(28)19(29)21(32-16)31-15-3-8(1-2-11(15)24)20-13(26)6-10-12(25)4-9(23)5-14(10)30-20/h1-5,13,16-29H,6-7H2/t13-,16+,17+,18+,19+,20+,21+/m0/s1. The number of hydrogen-bond donors (Lipinski definition) is 8. The van der Waals surface area contributed by atoms with Crippen LogP contribution in [0, 0.1) is 0 Å². The third-order valence-electron chi connectivity index (χ3n) is 5.59. The maximum atomic E-state index is 10.6. The van der Waals surface area contributed by atoms with E-state index in [0.717, 1.165) is 6.07 Å². The lowest BCUT2D eigenvalue weighted by atomic mass is 9.94. The Balaban J connectivity index is 1.59. The number of phenols is 3. The Bertz CT molecular complexity index is 978. The molecule has 0 aromatic heterocycles. The monoisotopic (exact) mass is 452 g/mol. The second-order valence-electron chi connectivity index (χ2n) is 7.79. The summed E-state index contributed by atoms with van der Waals surface area (Å²) in [4.78, 5) is 0. The highest BCUT2D eigenvalue weighted by Gasteiger charge is 2.45. The third-order valence-corrected chi connectivity index (χ3v) is 5.59. The smallest absolute Gasteiger partial charge is 0.229 e. The molecule has 4 rings (SSSR count). The molecule has 11 heteroatoms. The summed E-state index contributed by atoms with van der Waals surface area (Å²) in [6, 6.07) is 6.51. The predicted octanol–water partition coefficient (Wildman–Crippen LogP) is -0.981. The van der Waals surface area contributed by atoms with Gasteiger partial charge in [0.05, 0.1) is 12.7 Å². The first-order valence-corrected chi connectivity index (χ1v) is 9.89. The third kappa shape index (κ3) is 4.01. The van der Waals surface area contributed by atoms with Crippen LogP contribution in [0.25, 0.3) is 0 Å². The SMILES string of the molecule is OC[C@H]1O[C@@H](Oc2cc([C@H]3Oc4cc(O)cc(O)c4C[C@@H]3O)ccc2O)[C@H](O)[C@H](O)[C@@H]1O. The molecule has 0 aliphatic carbocycles. The van der Waals surface area contributed by atoms with Gasteiger partial charge in [-0.05, 0) is 17.7 Å². The molecule has 0 saturated carbocycles. The van der Waals surface area contributed by atoms with E-state index in [1.165, 1.54) is 24.3 Å². The summed E-state index contributed by atoms with van der Waals surface area (Å²) in [5.74, 6) is -0.759. The molecule has 2 heterocycles. The van der Waals surface area contributed by atoms with Crippen molar-refractivity contribution in [1.29, 1.82) is 0 Å². The molecule has 2 aliphatic heterocycles. The largest absolute Gasteiger partial charge is 0.508 e. The Labute approximate surface area is 181 Å². The minimum atomic E-state index is -1.68. The quantitative estimate of drug-likeness (QED) is 0.285. The van der Waals surface area contributed by atoms with E-state index in [1.54, 1.807) is 0 Å². The van der Waals surface area contributed by atoms with Gasteiger partial charge in [0, 0.05) is 24.1 Å². The molecule has 0 spiro atoms. The van der Waals surface area contributed by atoms with Crippen molar-refractivity contribution >= 4 is 0 Å². The lowest BCUT2D eigenvalue weighted by molar-refractivity contribution is -0.277. The second-order valence-corrected chi connectivity index (χ2v) is 7.79. The van der Waals surface area contributed by atoms with Crippen LogP contribution in [0.2, 0.25) is 0 Å². The molecule has 11 nitrogen and oxygen atoms in total. The summed E-state index contributed by atoms with van der Waals surface area (Å²) >= 11 is 0. The van der Waals surface area contributed by atoms with Gasteiger partial charge in [-0.1, -0.05) is 6.07 Å². The fraction of sp³-hybridized carbons (Fsp3) is 0.429. The summed E-state index contributed by atoms with van der Waals surface area (Å²) in [5.41, 5.74) is 0.700. The van der Waals surface area contributed by atoms with Gasteiger partial charge < -0.3 is 55.1 Å².